The smallest absolute Gasteiger partial charge is 0.335 e. The monoisotopic (exact) mass is 411 g/mol. The number of nitro benzene ring substituents is 1. The maximum Gasteiger partial charge on any atom is 0.335 e. The number of anilines is 1. The fraction of sp³-hybridized carbons (Fsp3) is 0.150. The molecular formula is C20H17N3O7. The van der Waals surface area contributed by atoms with Crippen LogP contribution in [0.5, 0.6) is 11.5 Å². The molecule has 0 unspecified atom stereocenters. The van der Waals surface area contributed by atoms with Crippen LogP contribution in [-0.4, -0.2) is 37.0 Å². The highest BCUT2D eigenvalue weighted by atomic mass is 16.6. The Labute approximate surface area is 170 Å². The van der Waals surface area contributed by atoms with Crippen LogP contribution in [0.3, 0.4) is 0 Å². The van der Waals surface area contributed by atoms with E-state index in [1.54, 1.807) is 31.2 Å². The lowest BCUT2D eigenvalue weighted by Crippen LogP contribution is -2.54. The Morgan fingerprint density at radius 1 is 1.07 bits per heavy atom. The number of rotatable bonds is 5. The van der Waals surface area contributed by atoms with Gasteiger partial charge in [0.1, 0.15) is 11.3 Å². The quantitative estimate of drug-likeness (QED) is 0.347. The lowest BCUT2D eigenvalue weighted by Gasteiger charge is -2.27. The van der Waals surface area contributed by atoms with Crippen molar-refractivity contribution in [1.29, 1.82) is 0 Å². The largest absolute Gasteiger partial charge is 0.496 e. The Hall–Kier alpha value is -4.21. The molecule has 154 valence electrons. The number of para-hydroxylation sites is 1. The van der Waals surface area contributed by atoms with Crippen molar-refractivity contribution in [3.63, 3.8) is 0 Å². The number of ether oxygens (including phenoxy) is 2. The zero-order chi connectivity index (χ0) is 22.0. The van der Waals surface area contributed by atoms with Crippen LogP contribution in [-0.2, 0) is 9.59 Å². The Kier molecular flexibility index (Phi) is 5.50. The van der Waals surface area contributed by atoms with Gasteiger partial charge in [0, 0.05) is 17.7 Å². The minimum absolute atomic E-state index is 0.0462. The highest BCUT2D eigenvalue weighted by Gasteiger charge is 2.37. The lowest BCUT2D eigenvalue weighted by molar-refractivity contribution is -0.385. The van der Waals surface area contributed by atoms with Crippen LogP contribution in [0.25, 0.3) is 6.08 Å². The topological polar surface area (TPSA) is 128 Å². The van der Waals surface area contributed by atoms with Gasteiger partial charge in [-0.1, -0.05) is 18.2 Å². The summed E-state index contributed by atoms with van der Waals surface area (Å²) in [6.45, 7) is 1.71. The first-order valence-corrected chi connectivity index (χ1v) is 8.66. The molecule has 10 heteroatoms. The van der Waals surface area contributed by atoms with Gasteiger partial charge in [0.25, 0.3) is 11.8 Å². The van der Waals surface area contributed by atoms with Gasteiger partial charge in [0.2, 0.25) is 5.75 Å². The van der Waals surface area contributed by atoms with E-state index in [-0.39, 0.29) is 28.3 Å². The van der Waals surface area contributed by atoms with Crippen LogP contribution in [0, 0.1) is 17.0 Å². The van der Waals surface area contributed by atoms with E-state index in [0.717, 1.165) is 17.0 Å². The molecule has 1 saturated heterocycles. The summed E-state index contributed by atoms with van der Waals surface area (Å²) in [4.78, 5) is 49.2. The minimum atomic E-state index is -0.921. The second-order valence-corrected chi connectivity index (χ2v) is 6.27. The molecule has 30 heavy (non-hydrogen) atoms. The maximum atomic E-state index is 13.0. The molecule has 1 fully saturated rings. The summed E-state index contributed by atoms with van der Waals surface area (Å²) in [5.41, 5.74) is 0.303. The van der Waals surface area contributed by atoms with Gasteiger partial charge in [-0.2, -0.15) is 0 Å². The number of nitrogens with one attached hydrogen (secondary N) is 1. The molecule has 10 nitrogen and oxygen atoms in total. The number of barbiturate groups is 1. The molecule has 2 aromatic carbocycles. The number of urea groups is 1. The number of carbonyl (C=O) groups excluding carboxylic acids is 3. The average molecular weight is 411 g/mol. The van der Waals surface area contributed by atoms with E-state index in [4.69, 9.17) is 9.47 Å². The molecule has 0 atom stereocenters. The predicted octanol–water partition coefficient (Wildman–Crippen LogP) is 2.59. The summed E-state index contributed by atoms with van der Waals surface area (Å²) in [7, 11) is 2.60. The Balaban J connectivity index is 2.14. The first-order valence-electron chi connectivity index (χ1n) is 8.66. The first-order chi connectivity index (χ1) is 14.3. The summed E-state index contributed by atoms with van der Waals surface area (Å²) in [6, 6.07) is 8.20. The van der Waals surface area contributed by atoms with Crippen molar-refractivity contribution in [3.8, 4) is 11.5 Å². The van der Waals surface area contributed by atoms with Crippen LogP contribution in [0.15, 0.2) is 42.0 Å². The van der Waals surface area contributed by atoms with Gasteiger partial charge < -0.3 is 9.47 Å². The van der Waals surface area contributed by atoms with E-state index >= 15 is 0 Å². The maximum absolute atomic E-state index is 13.0. The van der Waals surface area contributed by atoms with Crippen molar-refractivity contribution in [2.24, 2.45) is 0 Å². The van der Waals surface area contributed by atoms with Crippen LogP contribution >= 0.6 is 0 Å². The number of benzene rings is 2. The van der Waals surface area contributed by atoms with E-state index in [1.165, 1.54) is 20.3 Å². The fourth-order valence-corrected chi connectivity index (χ4v) is 3.01. The van der Waals surface area contributed by atoms with Crippen molar-refractivity contribution in [1.82, 2.24) is 5.32 Å². The standard InChI is InChI=1S/C20H17N3O7/c1-11-6-4-5-7-14(11)22-19(25)13(18(24)21-20(22)26)8-12-9-15(23(27)28)17(30-3)10-16(12)29-2/h4-10H,1-3H3,(H,21,24,26)/b13-8+. The highest BCUT2D eigenvalue weighted by molar-refractivity contribution is 6.39. The molecule has 2 aromatic rings. The van der Waals surface area contributed by atoms with Crippen LogP contribution < -0.4 is 19.7 Å². The van der Waals surface area contributed by atoms with Gasteiger partial charge in [-0.05, 0) is 24.6 Å². The second kappa shape index (κ2) is 8.03. The average Bonchev–Trinajstić information content (AvgIpc) is 2.71. The van der Waals surface area contributed by atoms with Gasteiger partial charge in [-0.25, -0.2) is 9.69 Å². The van der Waals surface area contributed by atoms with E-state index in [2.05, 4.69) is 5.32 Å². The molecule has 1 aliphatic rings. The van der Waals surface area contributed by atoms with Crippen molar-refractivity contribution in [2.45, 2.75) is 6.92 Å². The molecule has 0 spiro atoms. The number of aryl methyl sites for hydroxylation is 1. The van der Waals surface area contributed by atoms with E-state index in [9.17, 15) is 24.5 Å². The zero-order valence-electron chi connectivity index (χ0n) is 16.3. The van der Waals surface area contributed by atoms with Crippen LogP contribution in [0.2, 0.25) is 0 Å². The normalized spacial score (nSPS) is 15.2. The number of nitrogens with zero attached hydrogens (tertiary/aromatic N) is 2. The van der Waals surface area contributed by atoms with Crippen molar-refractivity contribution < 1.29 is 28.8 Å². The first kappa shape index (κ1) is 20.5. The Morgan fingerprint density at radius 3 is 2.33 bits per heavy atom. The number of carbonyl (C=O) groups is 3. The summed E-state index contributed by atoms with van der Waals surface area (Å²) in [5, 5.41) is 13.4. The van der Waals surface area contributed by atoms with Crippen molar-refractivity contribution in [3.05, 3.63) is 63.2 Å². The highest BCUT2D eigenvalue weighted by Crippen LogP contribution is 2.36. The van der Waals surface area contributed by atoms with Gasteiger partial charge in [-0.15, -0.1) is 0 Å². The molecular weight excluding hydrogens is 394 g/mol. The van der Waals surface area contributed by atoms with Crippen LogP contribution in [0.4, 0.5) is 16.2 Å². The third kappa shape index (κ3) is 3.58. The molecule has 4 amide bonds. The summed E-state index contributed by atoms with van der Waals surface area (Å²) in [5.74, 6) is -1.69. The predicted molar refractivity (Wildman–Crippen MR) is 106 cm³/mol. The van der Waals surface area contributed by atoms with Gasteiger partial charge >= 0.3 is 11.7 Å². The molecule has 1 aliphatic heterocycles. The van der Waals surface area contributed by atoms with Crippen molar-refractivity contribution in [2.75, 3.05) is 19.1 Å². The SMILES string of the molecule is COc1cc(OC)c([N+](=O)[O-])cc1/C=C1\C(=O)NC(=O)N(c2ccccc2C)C1=O. The minimum Gasteiger partial charge on any atom is -0.496 e. The van der Waals surface area contributed by atoms with Gasteiger partial charge in [0.15, 0.2) is 0 Å². The number of methoxy groups -OCH3 is 2. The molecule has 0 saturated carbocycles. The molecule has 1 N–H and O–H groups in total. The fourth-order valence-electron chi connectivity index (χ4n) is 3.01. The Bertz CT molecular complexity index is 1110. The molecule has 1 heterocycles. The third-order valence-corrected chi connectivity index (χ3v) is 4.49. The van der Waals surface area contributed by atoms with Gasteiger partial charge in [-0.3, -0.25) is 25.0 Å². The molecule has 0 bridgehead atoms. The molecule has 3 rings (SSSR count). The van der Waals surface area contributed by atoms with E-state index < -0.39 is 22.8 Å². The summed E-state index contributed by atoms with van der Waals surface area (Å²) >= 11 is 0. The number of imide groups is 2. The van der Waals surface area contributed by atoms with E-state index in [1.807, 2.05) is 0 Å². The van der Waals surface area contributed by atoms with E-state index in [0.29, 0.717) is 11.3 Å². The Morgan fingerprint density at radius 2 is 1.73 bits per heavy atom. The number of hydrogen-bond donors (Lipinski definition) is 1. The summed E-state index contributed by atoms with van der Waals surface area (Å²) < 4.78 is 10.2. The lowest BCUT2D eigenvalue weighted by atomic mass is 10.0. The molecule has 0 aliphatic carbocycles. The number of hydrogen-bond acceptors (Lipinski definition) is 7. The molecule has 0 aromatic heterocycles. The number of amides is 4. The summed E-state index contributed by atoms with van der Waals surface area (Å²) in [6.07, 6.45) is 1.14. The second-order valence-electron chi connectivity index (χ2n) is 6.27. The molecule has 0 radical (unpaired) electrons. The van der Waals surface area contributed by atoms with Crippen molar-refractivity contribution >= 4 is 35.3 Å². The zero-order valence-corrected chi connectivity index (χ0v) is 16.3. The van der Waals surface area contributed by atoms with Gasteiger partial charge in [0.05, 0.1) is 24.8 Å². The van der Waals surface area contributed by atoms with Crippen LogP contribution in [0.1, 0.15) is 11.1 Å². The number of nitro groups is 1. The third-order valence-electron chi connectivity index (χ3n) is 4.49.